The molecule has 1 aromatic carbocycles. The average molecular weight is 380 g/mol. The third-order valence-electron chi connectivity index (χ3n) is 3.80. The first-order chi connectivity index (χ1) is 12.0. The molecular weight excluding hydrogens is 362 g/mol. The zero-order valence-corrected chi connectivity index (χ0v) is 15.2. The van der Waals surface area contributed by atoms with Gasteiger partial charge in [0.1, 0.15) is 6.61 Å². The number of cyclic esters (lactones) is 1. The van der Waals surface area contributed by atoms with Gasteiger partial charge in [0, 0.05) is 17.1 Å². The molecule has 3 rings (SSSR count). The van der Waals surface area contributed by atoms with Gasteiger partial charge >= 0.3 is 12.1 Å². The van der Waals surface area contributed by atoms with E-state index in [1.807, 2.05) is 43.3 Å². The summed E-state index contributed by atoms with van der Waals surface area (Å²) in [5.74, 6) is 0. The van der Waals surface area contributed by atoms with Crippen molar-refractivity contribution >= 4 is 40.7 Å². The first-order valence-electron chi connectivity index (χ1n) is 7.84. The fourth-order valence-electron chi connectivity index (χ4n) is 2.48. The highest BCUT2D eigenvalue weighted by molar-refractivity contribution is 7.16. The molecule has 1 saturated heterocycles. The van der Waals surface area contributed by atoms with Crippen LogP contribution in [0.2, 0.25) is 4.34 Å². The Morgan fingerprint density at radius 1 is 1.32 bits per heavy atom. The lowest BCUT2D eigenvalue weighted by atomic mass is 10.2. The zero-order chi connectivity index (χ0) is 17.8. The first kappa shape index (κ1) is 17.6. The van der Waals surface area contributed by atoms with Crippen molar-refractivity contribution in [2.24, 2.45) is 0 Å². The van der Waals surface area contributed by atoms with Crippen LogP contribution in [0.15, 0.2) is 36.4 Å². The lowest BCUT2D eigenvalue weighted by molar-refractivity contribution is 0.157. The van der Waals surface area contributed by atoms with E-state index in [1.54, 1.807) is 4.90 Å². The Bertz CT molecular complexity index is 763. The van der Waals surface area contributed by atoms with Gasteiger partial charge in [-0.1, -0.05) is 23.7 Å². The first-order valence-corrected chi connectivity index (χ1v) is 9.04. The quantitative estimate of drug-likeness (QED) is 0.816. The van der Waals surface area contributed by atoms with Crippen molar-refractivity contribution in [3.8, 4) is 0 Å². The number of nitrogens with zero attached hydrogens (tertiary/aromatic N) is 1. The molecule has 0 radical (unpaired) electrons. The number of halogens is 1. The maximum Gasteiger partial charge on any atom is 0.410 e. The third-order valence-corrected chi connectivity index (χ3v) is 5.21. The van der Waals surface area contributed by atoms with Gasteiger partial charge < -0.3 is 20.3 Å². The number of anilines is 1. The maximum absolute atomic E-state index is 12.1. The summed E-state index contributed by atoms with van der Waals surface area (Å²) in [6, 6.07) is 10.7. The summed E-state index contributed by atoms with van der Waals surface area (Å²) < 4.78 is 5.60. The molecule has 1 aromatic heterocycles. The summed E-state index contributed by atoms with van der Waals surface area (Å²) in [5, 5.41) is 5.66. The molecule has 1 unspecified atom stereocenters. The number of ether oxygens (including phenoxy) is 1. The van der Waals surface area contributed by atoms with Crippen LogP contribution in [0, 0.1) is 0 Å². The number of hydrogen-bond donors (Lipinski definition) is 2. The van der Waals surface area contributed by atoms with E-state index in [4.69, 9.17) is 16.3 Å². The van der Waals surface area contributed by atoms with Crippen molar-refractivity contribution in [2.75, 3.05) is 18.5 Å². The van der Waals surface area contributed by atoms with Gasteiger partial charge in [-0.25, -0.2) is 9.59 Å². The van der Waals surface area contributed by atoms with Gasteiger partial charge in [0.15, 0.2) is 0 Å². The third kappa shape index (κ3) is 4.64. The van der Waals surface area contributed by atoms with E-state index < -0.39 is 0 Å². The SMILES string of the molecule is CC(NC(=O)Nc1ccc(CN2CCOC2=O)cc1)c1ccc(Cl)s1. The number of carbonyl (C=O) groups is 2. The van der Waals surface area contributed by atoms with E-state index in [2.05, 4.69) is 10.6 Å². The number of nitrogens with one attached hydrogen (secondary N) is 2. The van der Waals surface area contributed by atoms with E-state index in [0.29, 0.717) is 29.7 Å². The van der Waals surface area contributed by atoms with Crippen LogP contribution in [0.5, 0.6) is 0 Å². The molecule has 3 amide bonds. The fourth-order valence-corrected chi connectivity index (χ4v) is 3.54. The minimum Gasteiger partial charge on any atom is -0.448 e. The molecule has 1 atom stereocenters. The lowest BCUT2D eigenvalue weighted by Crippen LogP contribution is -2.30. The van der Waals surface area contributed by atoms with Crippen LogP contribution in [-0.2, 0) is 11.3 Å². The second-order valence-electron chi connectivity index (χ2n) is 5.69. The molecule has 0 aliphatic carbocycles. The Balaban J connectivity index is 1.52. The summed E-state index contributed by atoms with van der Waals surface area (Å²) in [7, 11) is 0. The second kappa shape index (κ2) is 7.76. The Hall–Kier alpha value is -2.25. The molecule has 8 heteroatoms. The van der Waals surface area contributed by atoms with Crippen LogP contribution in [0.1, 0.15) is 23.4 Å². The minimum atomic E-state index is -0.288. The second-order valence-corrected chi connectivity index (χ2v) is 7.44. The van der Waals surface area contributed by atoms with Crippen molar-refractivity contribution in [2.45, 2.75) is 19.5 Å². The summed E-state index contributed by atoms with van der Waals surface area (Å²) >= 11 is 7.36. The molecule has 1 fully saturated rings. The largest absolute Gasteiger partial charge is 0.448 e. The molecule has 0 spiro atoms. The highest BCUT2D eigenvalue weighted by Crippen LogP contribution is 2.26. The molecule has 2 heterocycles. The fraction of sp³-hybridized carbons (Fsp3) is 0.294. The minimum absolute atomic E-state index is 0.127. The van der Waals surface area contributed by atoms with Crippen LogP contribution >= 0.6 is 22.9 Å². The average Bonchev–Trinajstić information content (AvgIpc) is 3.18. The van der Waals surface area contributed by atoms with E-state index in [1.165, 1.54) is 11.3 Å². The van der Waals surface area contributed by atoms with Gasteiger partial charge in [-0.3, -0.25) is 0 Å². The molecule has 0 saturated carbocycles. The van der Waals surface area contributed by atoms with E-state index in [-0.39, 0.29) is 18.2 Å². The van der Waals surface area contributed by atoms with Crippen molar-refractivity contribution in [3.05, 3.63) is 51.2 Å². The molecule has 25 heavy (non-hydrogen) atoms. The molecule has 2 N–H and O–H groups in total. The molecule has 0 bridgehead atoms. The number of thiophene rings is 1. The van der Waals surface area contributed by atoms with Gasteiger partial charge in [-0.15, -0.1) is 11.3 Å². The summed E-state index contributed by atoms with van der Waals surface area (Å²) in [6.07, 6.45) is -0.288. The van der Waals surface area contributed by atoms with Crippen LogP contribution in [0.4, 0.5) is 15.3 Å². The van der Waals surface area contributed by atoms with Gasteiger partial charge in [0.05, 0.1) is 16.9 Å². The van der Waals surface area contributed by atoms with Gasteiger partial charge in [-0.05, 0) is 36.8 Å². The number of urea groups is 1. The van der Waals surface area contributed by atoms with Gasteiger partial charge in [0.2, 0.25) is 0 Å². The monoisotopic (exact) mass is 379 g/mol. The smallest absolute Gasteiger partial charge is 0.410 e. The highest BCUT2D eigenvalue weighted by Gasteiger charge is 2.21. The van der Waals surface area contributed by atoms with E-state index in [0.717, 1.165) is 10.4 Å². The van der Waals surface area contributed by atoms with E-state index in [9.17, 15) is 9.59 Å². The van der Waals surface area contributed by atoms with E-state index >= 15 is 0 Å². The van der Waals surface area contributed by atoms with Gasteiger partial charge in [-0.2, -0.15) is 0 Å². The van der Waals surface area contributed by atoms with Crippen molar-refractivity contribution in [3.63, 3.8) is 0 Å². The molecule has 1 aliphatic heterocycles. The van der Waals surface area contributed by atoms with Crippen molar-refractivity contribution in [1.29, 1.82) is 0 Å². The Morgan fingerprint density at radius 3 is 2.68 bits per heavy atom. The summed E-state index contributed by atoms with van der Waals surface area (Å²) in [4.78, 5) is 26.2. The number of rotatable bonds is 5. The van der Waals surface area contributed by atoms with Crippen molar-refractivity contribution < 1.29 is 14.3 Å². The lowest BCUT2D eigenvalue weighted by Gasteiger charge is -2.14. The predicted molar refractivity (Wildman–Crippen MR) is 98.1 cm³/mol. The standard InChI is InChI=1S/C17H18ClN3O3S/c1-11(14-6-7-15(18)25-14)19-16(22)20-13-4-2-12(3-5-13)10-21-8-9-24-17(21)23/h2-7,11H,8-10H2,1H3,(H2,19,20,22). The molecular formula is C17H18ClN3O3S. The maximum atomic E-state index is 12.1. The molecule has 6 nitrogen and oxygen atoms in total. The zero-order valence-electron chi connectivity index (χ0n) is 13.6. The molecule has 2 aromatic rings. The summed E-state index contributed by atoms with van der Waals surface area (Å²) in [6.45, 7) is 3.44. The molecule has 132 valence electrons. The molecule has 1 aliphatic rings. The summed E-state index contributed by atoms with van der Waals surface area (Å²) in [5.41, 5.74) is 1.66. The number of hydrogen-bond acceptors (Lipinski definition) is 4. The van der Waals surface area contributed by atoms with Crippen LogP contribution in [-0.4, -0.2) is 30.2 Å². The predicted octanol–water partition coefficient (Wildman–Crippen LogP) is 4.24. The Labute approximate surface area is 154 Å². The highest BCUT2D eigenvalue weighted by atomic mass is 35.5. The van der Waals surface area contributed by atoms with Gasteiger partial charge in [0.25, 0.3) is 0 Å². The van der Waals surface area contributed by atoms with Crippen molar-refractivity contribution in [1.82, 2.24) is 10.2 Å². The normalized spacial score (nSPS) is 15.0. The van der Waals surface area contributed by atoms with Crippen LogP contribution in [0.3, 0.4) is 0 Å². The Morgan fingerprint density at radius 2 is 2.08 bits per heavy atom. The number of carbonyl (C=O) groups excluding carboxylic acids is 2. The number of amides is 3. The van der Waals surface area contributed by atoms with Crippen LogP contribution in [0.25, 0.3) is 0 Å². The Kier molecular flexibility index (Phi) is 5.45. The number of benzene rings is 1. The van der Waals surface area contributed by atoms with Crippen LogP contribution < -0.4 is 10.6 Å². The topological polar surface area (TPSA) is 70.7 Å².